The molecule has 1 aliphatic rings. The van der Waals surface area contributed by atoms with Gasteiger partial charge >= 0.3 is 0 Å². The summed E-state index contributed by atoms with van der Waals surface area (Å²) in [5.74, 6) is 0. The molecule has 0 spiro atoms. The Balaban J connectivity index is 1.91. The van der Waals surface area contributed by atoms with Gasteiger partial charge in [0, 0.05) is 19.6 Å². The van der Waals surface area contributed by atoms with Gasteiger partial charge in [0.1, 0.15) is 0 Å². The number of benzene rings is 1. The molecule has 2 rings (SSSR count). The number of nitrogens with zero attached hydrogens (tertiary/aromatic N) is 1. The fourth-order valence-corrected chi connectivity index (χ4v) is 3.31. The van der Waals surface area contributed by atoms with Crippen LogP contribution in [0.4, 0.5) is 0 Å². The third kappa shape index (κ3) is 4.41. The summed E-state index contributed by atoms with van der Waals surface area (Å²) in [7, 11) is -1.44. The monoisotopic (exact) mass is 261 g/mol. The van der Waals surface area contributed by atoms with E-state index in [1.807, 2.05) is 0 Å². The van der Waals surface area contributed by atoms with Crippen molar-refractivity contribution in [2.24, 2.45) is 0 Å². The second-order valence-corrected chi connectivity index (χ2v) is 10.3. The van der Waals surface area contributed by atoms with E-state index in [9.17, 15) is 0 Å². The highest BCUT2D eigenvalue weighted by atomic mass is 28.4. The van der Waals surface area contributed by atoms with Crippen molar-refractivity contribution < 1.29 is 4.43 Å². The molecule has 0 radical (unpaired) electrons. The van der Waals surface area contributed by atoms with Crippen LogP contribution in [0.2, 0.25) is 19.6 Å². The lowest BCUT2D eigenvalue weighted by molar-refractivity contribution is 0.153. The molecule has 1 aromatic rings. The van der Waals surface area contributed by atoms with E-state index in [1.54, 1.807) is 0 Å². The Labute approximate surface area is 111 Å². The summed E-state index contributed by atoms with van der Waals surface area (Å²) in [6.07, 6.45) is 4.73. The van der Waals surface area contributed by atoms with Crippen molar-refractivity contribution in [2.75, 3.05) is 13.1 Å². The fourth-order valence-electron chi connectivity index (χ4n) is 2.25. The zero-order chi connectivity index (χ0) is 13.0. The van der Waals surface area contributed by atoms with Crippen molar-refractivity contribution in [3.63, 3.8) is 0 Å². The third-order valence-electron chi connectivity index (χ3n) is 2.91. The van der Waals surface area contributed by atoms with Crippen LogP contribution in [-0.2, 0) is 11.0 Å². The molecular formula is C15H23NOSi. The van der Waals surface area contributed by atoms with E-state index in [0.717, 1.165) is 19.6 Å². The van der Waals surface area contributed by atoms with E-state index in [2.05, 4.69) is 67.0 Å². The van der Waals surface area contributed by atoms with Gasteiger partial charge in [-0.05, 0) is 25.2 Å². The van der Waals surface area contributed by atoms with E-state index < -0.39 is 8.32 Å². The molecule has 98 valence electrons. The topological polar surface area (TPSA) is 12.5 Å². The normalized spacial score (nSPS) is 21.2. The van der Waals surface area contributed by atoms with Crippen LogP contribution in [-0.4, -0.2) is 32.4 Å². The molecule has 0 aromatic heterocycles. The van der Waals surface area contributed by atoms with Crippen molar-refractivity contribution >= 4 is 8.32 Å². The Bertz CT molecular complexity index is 397. The lowest BCUT2D eigenvalue weighted by Gasteiger charge is -2.32. The third-order valence-corrected chi connectivity index (χ3v) is 3.92. The standard InChI is InChI=1S/C15H23NOSi/c1-18(2,3)17-15-10-7-11-16(13-15)12-14-8-5-4-6-9-14/h4-10,15H,11-13H2,1-3H3. The summed E-state index contributed by atoms with van der Waals surface area (Å²) in [6, 6.07) is 10.6. The SMILES string of the molecule is C[Si](C)(C)OC1C=CCN(Cc2ccccc2)C1. The summed E-state index contributed by atoms with van der Waals surface area (Å²) in [6.45, 7) is 9.79. The van der Waals surface area contributed by atoms with Crippen molar-refractivity contribution in [1.29, 1.82) is 0 Å². The van der Waals surface area contributed by atoms with E-state index in [4.69, 9.17) is 4.43 Å². The molecule has 0 aliphatic carbocycles. The number of hydrogen-bond acceptors (Lipinski definition) is 2. The Morgan fingerprint density at radius 1 is 1.22 bits per heavy atom. The van der Waals surface area contributed by atoms with Gasteiger partial charge in [0.2, 0.25) is 0 Å². The first-order chi connectivity index (χ1) is 8.53. The molecular weight excluding hydrogens is 238 g/mol. The van der Waals surface area contributed by atoms with Crippen LogP contribution >= 0.6 is 0 Å². The van der Waals surface area contributed by atoms with Crippen LogP contribution < -0.4 is 0 Å². The van der Waals surface area contributed by atoms with Gasteiger partial charge in [-0.15, -0.1) is 0 Å². The molecule has 1 heterocycles. The summed E-state index contributed by atoms with van der Waals surface area (Å²) in [5.41, 5.74) is 1.37. The van der Waals surface area contributed by atoms with E-state index in [-0.39, 0.29) is 6.10 Å². The van der Waals surface area contributed by atoms with E-state index in [1.165, 1.54) is 5.56 Å². The minimum absolute atomic E-state index is 0.272. The zero-order valence-electron chi connectivity index (χ0n) is 11.6. The average Bonchev–Trinajstić information content (AvgIpc) is 2.28. The first-order valence-electron chi connectivity index (χ1n) is 6.64. The minimum atomic E-state index is -1.44. The fraction of sp³-hybridized carbons (Fsp3) is 0.467. The van der Waals surface area contributed by atoms with Crippen LogP contribution in [0.15, 0.2) is 42.5 Å². The molecule has 0 bridgehead atoms. The molecule has 1 aromatic carbocycles. The first kappa shape index (κ1) is 13.5. The van der Waals surface area contributed by atoms with Gasteiger partial charge in [0.05, 0.1) is 6.10 Å². The predicted molar refractivity (Wildman–Crippen MR) is 79.1 cm³/mol. The Morgan fingerprint density at radius 2 is 1.94 bits per heavy atom. The smallest absolute Gasteiger partial charge is 0.184 e. The van der Waals surface area contributed by atoms with Gasteiger partial charge < -0.3 is 4.43 Å². The summed E-state index contributed by atoms with van der Waals surface area (Å²) in [4.78, 5) is 2.44. The van der Waals surface area contributed by atoms with Crippen LogP contribution in [0.5, 0.6) is 0 Å². The van der Waals surface area contributed by atoms with Gasteiger partial charge in [-0.3, -0.25) is 4.90 Å². The van der Waals surface area contributed by atoms with Crippen LogP contribution in [0.1, 0.15) is 5.56 Å². The summed E-state index contributed by atoms with van der Waals surface area (Å²) < 4.78 is 6.16. The number of rotatable bonds is 4. The maximum absolute atomic E-state index is 6.16. The molecule has 2 nitrogen and oxygen atoms in total. The molecule has 1 unspecified atom stereocenters. The van der Waals surface area contributed by atoms with Gasteiger partial charge in [-0.2, -0.15) is 0 Å². The van der Waals surface area contributed by atoms with Gasteiger partial charge in [-0.25, -0.2) is 0 Å². The lowest BCUT2D eigenvalue weighted by atomic mass is 10.1. The largest absolute Gasteiger partial charge is 0.410 e. The van der Waals surface area contributed by atoms with Crippen LogP contribution in [0.3, 0.4) is 0 Å². The Kier molecular flexibility index (Phi) is 4.38. The van der Waals surface area contributed by atoms with Gasteiger partial charge in [0.15, 0.2) is 8.32 Å². The van der Waals surface area contributed by atoms with Crippen molar-refractivity contribution in [3.8, 4) is 0 Å². The van der Waals surface area contributed by atoms with Crippen LogP contribution in [0.25, 0.3) is 0 Å². The number of hydrogen-bond donors (Lipinski definition) is 0. The molecule has 0 fully saturated rings. The van der Waals surface area contributed by atoms with Gasteiger partial charge in [-0.1, -0.05) is 42.5 Å². The van der Waals surface area contributed by atoms with Crippen molar-refractivity contribution in [1.82, 2.24) is 4.90 Å². The molecule has 1 atom stereocenters. The second-order valence-electron chi connectivity index (χ2n) is 5.88. The molecule has 0 amide bonds. The van der Waals surface area contributed by atoms with E-state index in [0.29, 0.717) is 0 Å². The summed E-state index contributed by atoms with van der Waals surface area (Å²) in [5, 5.41) is 0. The molecule has 1 aliphatic heterocycles. The summed E-state index contributed by atoms with van der Waals surface area (Å²) >= 11 is 0. The van der Waals surface area contributed by atoms with Crippen molar-refractivity contribution in [2.45, 2.75) is 32.3 Å². The Hall–Kier alpha value is -0.903. The molecule has 0 saturated heterocycles. The van der Waals surface area contributed by atoms with Gasteiger partial charge in [0.25, 0.3) is 0 Å². The minimum Gasteiger partial charge on any atom is -0.410 e. The highest BCUT2D eigenvalue weighted by molar-refractivity contribution is 6.69. The Morgan fingerprint density at radius 3 is 2.61 bits per heavy atom. The molecule has 0 N–H and O–H groups in total. The average molecular weight is 261 g/mol. The molecule has 0 saturated carbocycles. The molecule has 3 heteroatoms. The molecule has 18 heavy (non-hydrogen) atoms. The maximum atomic E-state index is 6.16. The lowest BCUT2D eigenvalue weighted by Crippen LogP contribution is -2.41. The zero-order valence-corrected chi connectivity index (χ0v) is 12.6. The van der Waals surface area contributed by atoms with Crippen molar-refractivity contribution in [3.05, 3.63) is 48.0 Å². The van der Waals surface area contributed by atoms with Crippen LogP contribution in [0, 0.1) is 0 Å². The first-order valence-corrected chi connectivity index (χ1v) is 10.0. The maximum Gasteiger partial charge on any atom is 0.184 e. The predicted octanol–water partition coefficient (Wildman–Crippen LogP) is 3.28. The highest BCUT2D eigenvalue weighted by Crippen LogP contribution is 2.15. The second kappa shape index (κ2) is 5.82. The quantitative estimate of drug-likeness (QED) is 0.609. The van der Waals surface area contributed by atoms with E-state index >= 15 is 0 Å². The highest BCUT2D eigenvalue weighted by Gasteiger charge is 2.23.